The fraction of sp³-hybridized carbons (Fsp3) is 0.519. The molecule has 446 valence electrons. The summed E-state index contributed by atoms with van der Waals surface area (Å²) in [4.78, 5) is 40.5. The van der Waals surface area contributed by atoms with Crippen molar-refractivity contribution in [1.29, 1.82) is 0 Å². The molecule has 1 aromatic heterocycles. The number of esters is 2. The third-order valence-corrected chi connectivity index (χ3v) is 13.2. The van der Waals surface area contributed by atoms with Crippen LogP contribution in [0.15, 0.2) is 57.8 Å². The smallest absolute Gasteiger partial charge is 0.308 e. The van der Waals surface area contributed by atoms with Gasteiger partial charge in [0.1, 0.15) is 109 Å². The molecule has 4 heterocycles. The molecule has 3 saturated heterocycles. The second-order valence-electron chi connectivity index (χ2n) is 19.1. The normalized spacial score (nSPS) is 29.3. The van der Waals surface area contributed by atoms with Crippen molar-refractivity contribution in [2.24, 2.45) is 0 Å². The molecule has 29 nitrogen and oxygen atoms in total. The van der Waals surface area contributed by atoms with Crippen LogP contribution in [0.3, 0.4) is 0 Å². The van der Waals surface area contributed by atoms with Crippen molar-refractivity contribution >= 4 is 29.0 Å². The van der Waals surface area contributed by atoms with E-state index in [1.165, 1.54) is 70.9 Å². The van der Waals surface area contributed by atoms with Crippen molar-refractivity contribution in [2.45, 2.75) is 117 Å². The van der Waals surface area contributed by atoms with Gasteiger partial charge in [-0.05, 0) is 42.8 Å². The Kier molecular flexibility index (Phi) is 20.3. The number of benzene rings is 3. The van der Waals surface area contributed by atoms with Crippen LogP contribution in [0.25, 0.3) is 28.4 Å². The van der Waals surface area contributed by atoms with Gasteiger partial charge in [-0.1, -0.05) is 12.2 Å². The molecular weight excluding hydrogens is 1090 g/mol. The quantitative estimate of drug-likeness (QED) is 0.0351. The number of phenols is 1. The zero-order valence-electron chi connectivity index (χ0n) is 43.9. The number of hydrogen-bond acceptors (Lipinski definition) is 29. The summed E-state index contributed by atoms with van der Waals surface area (Å²) in [6, 6.07) is 9.18. The highest BCUT2D eigenvalue weighted by molar-refractivity contribution is 5.88. The Bertz CT molecular complexity index is 2880. The predicted octanol–water partition coefficient (Wildman–Crippen LogP) is -2.93. The second-order valence-corrected chi connectivity index (χ2v) is 19.1. The maximum Gasteiger partial charge on any atom is 0.308 e. The molecule has 0 saturated carbocycles. The molecule has 3 aliphatic rings. The van der Waals surface area contributed by atoms with Gasteiger partial charge in [-0.25, -0.2) is 0 Å². The Labute approximate surface area is 459 Å². The molecule has 3 fully saturated rings. The highest BCUT2D eigenvalue weighted by atomic mass is 16.7. The lowest BCUT2D eigenvalue weighted by Crippen LogP contribution is -2.60. The van der Waals surface area contributed by atoms with Crippen molar-refractivity contribution in [1.82, 2.24) is 0 Å². The van der Waals surface area contributed by atoms with Crippen molar-refractivity contribution < 1.29 is 137 Å². The second kappa shape index (κ2) is 26.5. The van der Waals surface area contributed by atoms with E-state index in [1.54, 1.807) is 6.08 Å². The summed E-state index contributed by atoms with van der Waals surface area (Å²) in [6.07, 6.45) is -25.8. The predicted molar refractivity (Wildman–Crippen MR) is 269 cm³/mol. The monoisotopic (exact) mass is 1150 g/mol. The summed E-state index contributed by atoms with van der Waals surface area (Å²) >= 11 is 0. The van der Waals surface area contributed by atoms with Gasteiger partial charge in [-0.15, -0.1) is 0 Å². The lowest BCUT2D eigenvalue weighted by molar-refractivity contribution is -0.279. The fourth-order valence-corrected chi connectivity index (χ4v) is 8.84. The lowest BCUT2D eigenvalue weighted by atomic mass is 9.97. The zero-order valence-corrected chi connectivity index (χ0v) is 43.9. The number of hydrogen-bond donors (Lipinski definition) is 13. The molecule has 1 unspecified atom stereocenters. The summed E-state index contributed by atoms with van der Waals surface area (Å²) in [5.41, 5.74) is -3.00. The summed E-state index contributed by atoms with van der Waals surface area (Å²) in [5, 5.41) is 137. The van der Waals surface area contributed by atoms with Crippen molar-refractivity contribution in [3.8, 4) is 57.3 Å². The number of aliphatic hydroxyl groups is 12. The molecule has 4 aromatic rings. The SMILES string of the molecule is COc1cc(O)c2c(=O)c(O[C@H]3O[C@H](COC(=O)CC(C)(O)CC(=O)OC[C@H]4O[C@@H](Oc5c(OC)cc(/C=C/CO)cc5OC)[C@H](O)[C@@H](O)[C@@H]4O)[C@@H](O)[C@H](O)[C@H]3O)c(-c3ccc(O[C@@H]4O[C@H](CO)[C@@H](O)[C@H](O)[C@H]4O)c(OC)c3)oc2c1. The Morgan fingerprint density at radius 3 is 1.58 bits per heavy atom. The number of fused-ring (bicyclic) bond motifs is 1. The first-order chi connectivity index (χ1) is 38.5. The van der Waals surface area contributed by atoms with Crippen molar-refractivity contribution in [2.75, 3.05) is 54.9 Å². The summed E-state index contributed by atoms with van der Waals surface area (Å²) in [6.45, 7) is -1.58. The fourth-order valence-electron chi connectivity index (χ4n) is 8.84. The molecule has 0 bridgehead atoms. The molecular formula is C52H64O29. The summed E-state index contributed by atoms with van der Waals surface area (Å²) < 4.78 is 72.5. The van der Waals surface area contributed by atoms with E-state index in [-0.39, 0.29) is 52.3 Å². The molecule has 3 aromatic carbocycles. The number of phenolic OH excluding ortho intramolecular Hbond substituents is 1. The highest BCUT2D eigenvalue weighted by Crippen LogP contribution is 2.43. The van der Waals surface area contributed by atoms with E-state index in [0.29, 0.717) is 5.56 Å². The lowest BCUT2D eigenvalue weighted by Gasteiger charge is -2.40. The standard InChI is InChI=1S/C52H64O29/c1-52(68,16-33(56)73-19-31-37(59)41(63)44(66)50(78-31)80-47-28(71-4)11-21(7-6-10-53)12-29(47)72-5)17-34(57)74-20-32-38(60)42(64)45(67)51(79-32)81-48-39(61)35-24(55)14-23(69-2)15-27(35)75-46(48)22-8-9-25(26(13-22)70-3)76-49-43(65)40(62)36(58)30(18-54)77-49/h6-9,11-15,30-32,36-38,40-45,49-51,53-55,58-60,62-68H,10,16-20H2,1-5H3/b7-6+/t30-,31-,32-,36-,37-,38-,40+,41+,42+,43-,44-,45-,49-,50+,51-,52?/m1/s1. The van der Waals surface area contributed by atoms with E-state index in [2.05, 4.69) is 0 Å². The molecule has 81 heavy (non-hydrogen) atoms. The van der Waals surface area contributed by atoms with Gasteiger partial charge in [0.2, 0.25) is 35.8 Å². The van der Waals surface area contributed by atoms with E-state index >= 15 is 0 Å². The first kappa shape index (κ1) is 62.0. The number of carbonyl (C=O) groups is 2. The highest BCUT2D eigenvalue weighted by Gasteiger charge is 2.49. The van der Waals surface area contributed by atoms with Gasteiger partial charge in [0.05, 0.1) is 60.1 Å². The van der Waals surface area contributed by atoms with Crippen LogP contribution >= 0.6 is 0 Å². The average molecular weight is 1150 g/mol. The number of carbonyl (C=O) groups excluding carboxylic acids is 2. The zero-order chi connectivity index (χ0) is 59.2. The van der Waals surface area contributed by atoms with Gasteiger partial charge >= 0.3 is 11.9 Å². The van der Waals surface area contributed by atoms with Crippen LogP contribution in [0.1, 0.15) is 25.3 Å². The van der Waals surface area contributed by atoms with E-state index in [0.717, 1.165) is 13.0 Å². The summed E-state index contributed by atoms with van der Waals surface area (Å²) in [7, 11) is 5.12. The van der Waals surface area contributed by atoms with E-state index in [9.17, 15) is 80.8 Å². The van der Waals surface area contributed by atoms with Gasteiger partial charge in [-0.3, -0.25) is 14.4 Å². The van der Waals surface area contributed by atoms with Crippen LogP contribution in [0.5, 0.6) is 46.0 Å². The van der Waals surface area contributed by atoms with Crippen LogP contribution in [-0.2, 0) is 33.3 Å². The number of ether oxygens (including phenoxy) is 12. The van der Waals surface area contributed by atoms with E-state index in [1.807, 2.05) is 0 Å². The maximum absolute atomic E-state index is 14.3. The Balaban J connectivity index is 1.01. The van der Waals surface area contributed by atoms with Gasteiger partial charge in [0, 0.05) is 17.7 Å². The van der Waals surface area contributed by atoms with Crippen LogP contribution < -0.4 is 38.6 Å². The third kappa shape index (κ3) is 13.8. The molecule has 29 heteroatoms. The Morgan fingerprint density at radius 2 is 1.09 bits per heavy atom. The minimum absolute atomic E-state index is 0.0243. The van der Waals surface area contributed by atoms with Gasteiger partial charge in [-0.2, -0.15) is 0 Å². The van der Waals surface area contributed by atoms with Crippen LogP contribution in [0.4, 0.5) is 0 Å². The molecule has 0 aliphatic carbocycles. The maximum atomic E-state index is 14.3. The topological polar surface area (TPSA) is 438 Å². The first-order valence-electron chi connectivity index (χ1n) is 24.8. The number of aliphatic hydroxyl groups excluding tert-OH is 11. The Hall–Kier alpha value is -6.65. The molecule has 0 spiro atoms. The van der Waals surface area contributed by atoms with Crippen LogP contribution in [0, 0.1) is 0 Å². The first-order valence-corrected chi connectivity index (χ1v) is 24.8. The van der Waals surface area contributed by atoms with E-state index in [4.69, 9.17) is 61.3 Å². The molecule has 0 radical (unpaired) electrons. The summed E-state index contributed by atoms with van der Waals surface area (Å²) in [5.74, 6) is -4.26. The minimum Gasteiger partial charge on any atom is -0.507 e. The third-order valence-electron chi connectivity index (χ3n) is 13.2. The molecule has 0 amide bonds. The van der Waals surface area contributed by atoms with Gasteiger partial charge in [0.25, 0.3) is 0 Å². The molecule has 3 aliphatic heterocycles. The minimum atomic E-state index is -2.19. The van der Waals surface area contributed by atoms with Gasteiger partial charge in [0.15, 0.2) is 28.8 Å². The molecule has 7 rings (SSSR count). The Morgan fingerprint density at radius 1 is 0.593 bits per heavy atom. The molecule has 16 atom stereocenters. The van der Waals surface area contributed by atoms with Crippen LogP contribution in [-0.4, -0.2) is 231 Å². The number of methoxy groups -OCH3 is 4. The number of aromatic hydroxyl groups is 1. The molecule has 13 N–H and O–H groups in total. The van der Waals surface area contributed by atoms with E-state index < -0.39 is 170 Å². The largest absolute Gasteiger partial charge is 0.507 e. The number of rotatable bonds is 22. The van der Waals surface area contributed by atoms with Crippen molar-refractivity contribution in [3.05, 3.63) is 64.3 Å². The average Bonchev–Trinajstić information content (AvgIpc) is 3.56. The van der Waals surface area contributed by atoms with Crippen molar-refractivity contribution in [3.63, 3.8) is 0 Å². The van der Waals surface area contributed by atoms with Gasteiger partial charge < -0.3 is 128 Å². The van der Waals surface area contributed by atoms with Crippen LogP contribution in [0.2, 0.25) is 0 Å².